The molecule has 10 heteroatoms. The van der Waals surface area contributed by atoms with Crippen LogP contribution < -0.4 is 10.1 Å². The Bertz CT molecular complexity index is 786. The lowest BCUT2D eigenvalue weighted by atomic mass is 10.1. The summed E-state index contributed by atoms with van der Waals surface area (Å²) < 4.78 is 44.6. The molecular weight excluding hydrogens is 373 g/mol. The van der Waals surface area contributed by atoms with Crippen LogP contribution in [0.3, 0.4) is 0 Å². The van der Waals surface area contributed by atoms with Crippen molar-refractivity contribution in [1.29, 1.82) is 0 Å². The number of benzene rings is 1. The van der Waals surface area contributed by atoms with Crippen LogP contribution in [0.1, 0.15) is 12.0 Å². The molecule has 0 radical (unpaired) electrons. The molecular formula is C16H14ClF3N4O2. The Morgan fingerprint density at radius 3 is 2.65 bits per heavy atom. The average Bonchev–Trinajstić information content (AvgIpc) is 3.05. The molecule has 1 aliphatic heterocycles. The highest BCUT2D eigenvalue weighted by Crippen LogP contribution is 2.34. The second-order valence-electron chi connectivity index (χ2n) is 5.63. The zero-order valence-corrected chi connectivity index (χ0v) is 14.1. The number of nitrogens with one attached hydrogen (secondary N) is 1. The SMILES string of the molecule is O=C(Nc1ccccc1C(F)(F)F)N1CC[C@@H](Oc2ncc(Cl)cn2)C1. The Labute approximate surface area is 151 Å². The number of carbonyl (C=O) groups is 1. The number of nitrogens with zero attached hydrogens (tertiary/aromatic N) is 3. The largest absolute Gasteiger partial charge is 0.458 e. The molecule has 2 heterocycles. The maximum Gasteiger partial charge on any atom is 0.418 e. The third-order valence-corrected chi connectivity index (χ3v) is 3.97. The van der Waals surface area contributed by atoms with Crippen molar-refractivity contribution in [1.82, 2.24) is 14.9 Å². The molecule has 0 unspecified atom stereocenters. The molecule has 1 N–H and O–H groups in total. The van der Waals surface area contributed by atoms with Crippen molar-refractivity contribution in [2.75, 3.05) is 18.4 Å². The zero-order valence-electron chi connectivity index (χ0n) is 13.3. The van der Waals surface area contributed by atoms with Crippen LogP contribution in [0.2, 0.25) is 5.02 Å². The molecule has 138 valence electrons. The Morgan fingerprint density at radius 1 is 1.27 bits per heavy atom. The first-order chi connectivity index (χ1) is 12.3. The summed E-state index contributed by atoms with van der Waals surface area (Å²) in [5.74, 6) is 0. The van der Waals surface area contributed by atoms with Crippen LogP contribution in [0.4, 0.5) is 23.7 Å². The van der Waals surface area contributed by atoms with Crippen LogP contribution in [0.25, 0.3) is 0 Å². The highest BCUT2D eigenvalue weighted by molar-refractivity contribution is 6.30. The second-order valence-corrected chi connectivity index (χ2v) is 6.07. The number of alkyl halides is 3. The van der Waals surface area contributed by atoms with Crippen molar-refractivity contribution in [2.45, 2.75) is 18.7 Å². The van der Waals surface area contributed by atoms with Gasteiger partial charge in [-0.05, 0) is 12.1 Å². The Balaban J connectivity index is 1.61. The van der Waals surface area contributed by atoms with E-state index >= 15 is 0 Å². The summed E-state index contributed by atoms with van der Waals surface area (Å²) in [7, 11) is 0. The first-order valence-electron chi connectivity index (χ1n) is 7.69. The number of para-hydroxylation sites is 1. The molecule has 1 aliphatic rings. The molecule has 0 spiro atoms. The van der Waals surface area contributed by atoms with Gasteiger partial charge in [-0.1, -0.05) is 23.7 Å². The fourth-order valence-electron chi connectivity index (χ4n) is 2.55. The topological polar surface area (TPSA) is 67.4 Å². The molecule has 2 amide bonds. The van der Waals surface area contributed by atoms with E-state index in [-0.39, 0.29) is 24.3 Å². The van der Waals surface area contributed by atoms with E-state index in [1.807, 2.05) is 0 Å². The van der Waals surface area contributed by atoms with Crippen LogP contribution in [0, 0.1) is 0 Å². The minimum Gasteiger partial charge on any atom is -0.458 e. The average molecular weight is 387 g/mol. The van der Waals surface area contributed by atoms with Crippen LogP contribution in [-0.4, -0.2) is 40.1 Å². The van der Waals surface area contributed by atoms with Gasteiger partial charge in [0.1, 0.15) is 6.10 Å². The van der Waals surface area contributed by atoms with Crippen LogP contribution >= 0.6 is 11.6 Å². The molecule has 0 bridgehead atoms. The van der Waals surface area contributed by atoms with Gasteiger partial charge >= 0.3 is 18.2 Å². The van der Waals surface area contributed by atoms with Gasteiger partial charge in [0.2, 0.25) is 0 Å². The third-order valence-electron chi connectivity index (χ3n) is 3.78. The molecule has 2 aromatic rings. The first-order valence-corrected chi connectivity index (χ1v) is 8.07. The summed E-state index contributed by atoms with van der Waals surface area (Å²) in [5, 5.41) is 2.68. The van der Waals surface area contributed by atoms with Crippen LogP contribution in [0.5, 0.6) is 6.01 Å². The van der Waals surface area contributed by atoms with Gasteiger partial charge in [-0.25, -0.2) is 14.8 Å². The molecule has 1 aromatic heterocycles. The summed E-state index contributed by atoms with van der Waals surface area (Å²) in [6, 6.07) is 4.34. The quantitative estimate of drug-likeness (QED) is 0.870. The van der Waals surface area contributed by atoms with Gasteiger partial charge in [0.05, 0.1) is 35.2 Å². The van der Waals surface area contributed by atoms with Gasteiger partial charge in [0, 0.05) is 13.0 Å². The minimum atomic E-state index is -4.55. The Morgan fingerprint density at radius 2 is 1.96 bits per heavy atom. The number of hydrogen-bond donors (Lipinski definition) is 1. The third kappa shape index (κ3) is 4.34. The van der Waals surface area contributed by atoms with Gasteiger partial charge in [0.25, 0.3) is 0 Å². The molecule has 26 heavy (non-hydrogen) atoms. The van der Waals surface area contributed by atoms with E-state index in [4.69, 9.17) is 16.3 Å². The molecule has 1 atom stereocenters. The number of carbonyl (C=O) groups excluding carboxylic acids is 1. The maximum absolute atomic E-state index is 13.0. The van der Waals surface area contributed by atoms with Crippen LogP contribution in [0.15, 0.2) is 36.7 Å². The van der Waals surface area contributed by atoms with E-state index < -0.39 is 17.8 Å². The van der Waals surface area contributed by atoms with Crippen molar-refractivity contribution < 1.29 is 22.7 Å². The standard InChI is InChI=1S/C16H14ClF3N4O2/c17-10-7-21-14(22-8-10)26-11-5-6-24(9-11)15(25)23-13-4-2-1-3-12(13)16(18,19)20/h1-4,7-8,11H,5-6,9H2,(H,23,25)/t11-/m1/s1. The van der Waals surface area contributed by atoms with E-state index in [1.54, 1.807) is 0 Å². The van der Waals surface area contributed by atoms with E-state index in [1.165, 1.54) is 35.5 Å². The number of anilines is 1. The Kier molecular flexibility index (Phi) is 5.17. The molecule has 6 nitrogen and oxygen atoms in total. The van der Waals surface area contributed by atoms with E-state index in [0.717, 1.165) is 6.07 Å². The number of urea groups is 1. The smallest absolute Gasteiger partial charge is 0.418 e. The molecule has 1 aromatic carbocycles. The van der Waals surface area contributed by atoms with E-state index in [9.17, 15) is 18.0 Å². The normalized spacial score (nSPS) is 17.2. The molecule has 3 rings (SSSR count). The molecule has 0 aliphatic carbocycles. The van der Waals surface area contributed by atoms with E-state index in [0.29, 0.717) is 18.0 Å². The lowest BCUT2D eigenvalue weighted by Gasteiger charge is -2.19. The lowest BCUT2D eigenvalue weighted by molar-refractivity contribution is -0.136. The van der Waals surface area contributed by atoms with Gasteiger partial charge in [-0.15, -0.1) is 0 Å². The zero-order chi connectivity index (χ0) is 18.7. The number of aromatic nitrogens is 2. The molecule has 1 fully saturated rings. The fourth-order valence-corrected chi connectivity index (χ4v) is 2.65. The van der Waals surface area contributed by atoms with Gasteiger partial charge < -0.3 is 15.0 Å². The van der Waals surface area contributed by atoms with Crippen molar-refractivity contribution in [3.8, 4) is 6.01 Å². The number of hydrogen-bond acceptors (Lipinski definition) is 4. The number of rotatable bonds is 3. The lowest BCUT2D eigenvalue weighted by Crippen LogP contribution is -2.35. The predicted octanol–water partition coefficient (Wildman–Crippen LogP) is 3.83. The second kappa shape index (κ2) is 7.36. The summed E-state index contributed by atoms with van der Waals surface area (Å²) in [5.41, 5.74) is -1.18. The van der Waals surface area contributed by atoms with Crippen molar-refractivity contribution in [3.05, 3.63) is 47.2 Å². The number of ether oxygens (including phenoxy) is 1. The summed E-state index contributed by atoms with van der Waals surface area (Å²) in [4.78, 5) is 21.5. The highest BCUT2D eigenvalue weighted by Gasteiger charge is 2.35. The van der Waals surface area contributed by atoms with Crippen molar-refractivity contribution >= 4 is 23.3 Å². The minimum absolute atomic E-state index is 0.129. The van der Waals surface area contributed by atoms with E-state index in [2.05, 4.69) is 15.3 Å². The molecule has 1 saturated heterocycles. The molecule has 0 saturated carbocycles. The van der Waals surface area contributed by atoms with Gasteiger partial charge in [0.15, 0.2) is 0 Å². The Hall–Kier alpha value is -2.55. The highest BCUT2D eigenvalue weighted by atomic mass is 35.5. The summed E-state index contributed by atoms with van der Waals surface area (Å²) in [6.45, 7) is 0.560. The fraction of sp³-hybridized carbons (Fsp3) is 0.312. The van der Waals surface area contributed by atoms with Crippen molar-refractivity contribution in [3.63, 3.8) is 0 Å². The monoisotopic (exact) mass is 386 g/mol. The van der Waals surface area contributed by atoms with Gasteiger partial charge in [-0.3, -0.25) is 0 Å². The number of halogens is 4. The summed E-state index contributed by atoms with van der Waals surface area (Å²) in [6.07, 6.45) is -1.61. The summed E-state index contributed by atoms with van der Waals surface area (Å²) >= 11 is 5.69. The van der Waals surface area contributed by atoms with Crippen molar-refractivity contribution in [2.24, 2.45) is 0 Å². The van der Waals surface area contributed by atoms with Crippen LogP contribution in [-0.2, 0) is 6.18 Å². The van der Waals surface area contributed by atoms with Gasteiger partial charge in [-0.2, -0.15) is 13.2 Å². The predicted molar refractivity (Wildman–Crippen MR) is 88.1 cm³/mol. The number of likely N-dealkylation sites (tertiary alicyclic amines) is 1. The maximum atomic E-state index is 13.0. The first kappa shape index (κ1) is 18.2. The number of amides is 2.